The van der Waals surface area contributed by atoms with Crippen molar-refractivity contribution in [1.29, 1.82) is 0 Å². The van der Waals surface area contributed by atoms with E-state index in [9.17, 15) is 13.2 Å². The molecule has 4 rings (SSSR count). The maximum atomic E-state index is 13.6. The fraction of sp³-hybridized carbons (Fsp3) is 0.350. The van der Waals surface area contributed by atoms with Crippen LogP contribution in [0.2, 0.25) is 0 Å². The first-order valence-corrected chi connectivity index (χ1v) is 10.5. The predicted molar refractivity (Wildman–Crippen MR) is 118 cm³/mol. The Morgan fingerprint density at radius 2 is 1.76 bits per heavy atom. The van der Waals surface area contributed by atoms with Gasteiger partial charge >= 0.3 is 6.18 Å². The van der Waals surface area contributed by atoms with Crippen molar-refractivity contribution >= 4 is 24.4 Å². The van der Waals surface area contributed by atoms with Crippen molar-refractivity contribution in [2.24, 2.45) is 5.10 Å². The lowest BCUT2D eigenvalue weighted by Gasteiger charge is -2.34. The van der Waals surface area contributed by atoms with Crippen LogP contribution in [0.1, 0.15) is 11.4 Å². The Bertz CT molecular complexity index is 1150. The van der Waals surface area contributed by atoms with Gasteiger partial charge in [0.25, 0.3) is 5.82 Å². The maximum absolute atomic E-state index is 13.6. The van der Waals surface area contributed by atoms with Crippen molar-refractivity contribution in [2.45, 2.75) is 12.8 Å². The molecule has 0 bridgehead atoms. The number of hydrogen-bond acceptors (Lipinski definition) is 8. The average molecular weight is 479 g/mol. The van der Waals surface area contributed by atoms with Crippen LogP contribution in [0.25, 0.3) is 0 Å². The van der Waals surface area contributed by atoms with Gasteiger partial charge in [0, 0.05) is 38.6 Å². The lowest BCUT2D eigenvalue weighted by atomic mass is 10.2. The van der Waals surface area contributed by atoms with E-state index in [1.54, 1.807) is 42.7 Å². The zero-order valence-electron chi connectivity index (χ0n) is 17.7. The summed E-state index contributed by atoms with van der Waals surface area (Å²) >= 11 is 5.28. The van der Waals surface area contributed by atoms with E-state index < -0.39 is 12.0 Å². The summed E-state index contributed by atoms with van der Waals surface area (Å²) in [5.41, 5.74) is 0.595. The van der Waals surface area contributed by atoms with Gasteiger partial charge in [0.15, 0.2) is 0 Å². The lowest BCUT2D eigenvalue weighted by Crippen LogP contribution is -2.47. The van der Waals surface area contributed by atoms with Gasteiger partial charge in [-0.1, -0.05) is 0 Å². The van der Waals surface area contributed by atoms with Gasteiger partial charge in [-0.3, -0.25) is 4.90 Å². The third-order valence-corrected chi connectivity index (χ3v) is 5.43. The van der Waals surface area contributed by atoms with Crippen molar-refractivity contribution in [3.63, 3.8) is 0 Å². The number of nitrogens with zero attached hydrogens (tertiary/aromatic N) is 8. The van der Waals surface area contributed by atoms with Crippen LogP contribution in [0, 0.1) is 4.77 Å². The standard InChI is InChI=1S/C20H21F3N8OS/c1-32-16-5-3-15(4-6-16)13-26-31-17(20(21,22)23)27-30(19(31)33)14-28-9-11-29(12-10-28)18-24-7-2-8-25-18/h2-8,13H,9-12,14H2,1H3/b26-13+. The Morgan fingerprint density at radius 3 is 2.36 bits per heavy atom. The second kappa shape index (κ2) is 9.67. The molecule has 0 aliphatic carbocycles. The fourth-order valence-electron chi connectivity index (χ4n) is 3.32. The maximum Gasteiger partial charge on any atom is 0.453 e. The molecule has 0 saturated carbocycles. The Kier molecular flexibility index (Phi) is 6.70. The second-order valence-electron chi connectivity index (χ2n) is 7.23. The first kappa shape index (κ1) is 22.9. The number of ether oxygens (including phenoxy) is 1. The molecule has 3 heterocycles. The Hall–Kier alpha value is -3.32. The number of hydrogen-bond donors (Lipinski definition) is 0. The summed E-state index contributed by atoms with van der Waals surface area (Å²) in [6.45, 7) is 2.60. The number of halogens is 3. The van der Waals surface area contributed by atoms with Gasteiger partial charge in [-0.25, -0.2) is 14.6 Å². The van der Waals surface area contributed by atoms with Crippen molar-refractivity contribution < 1.29 is 17.9 Å². The molecule has 1 aliphatic heterocycles. The van der Waals surface area contributed by atoms with Gasteiger partial charge in [0.1, 0.15) is 5.75 Å². The summed E-state index contributed by atoms with van der Waals surface area (Å²) in [6.07, 6.45) is -0.0634. The third-order valence-electron chi connectivity index (χ3n) is 5.05. The Labute approximate surface area is 192 Å². The van der Waals surface area contributed by atoms with Crippen LogP contribution in [0.15, 0.2) is 47.8 Å². The SMILES string of the molecule is COc1ccc(/C=N/n2c(C(F)(F)F)nn(CN3CCN(c4ncccn4)CC3)c2=S)cc1. The van der Waals surface area contributed by atoms with E-state index in [0.29, 0.717) is 48.1 Å². The minimum absolute atomic E-state index is 0.121. The van der Waals surface area contributed by atoms with Crippen LogP contribution in [0.4, 0.5) is 19.1 Å². The number of alkyl halides is 3. The van der Waals surface area contributed by atoms with Crippen molar-refractivity contribution in [2.75, 3.05) is 38.2 Å². The Balaban J connectivity index is 1.50. The molecule has 1 fully saturated rings. The van der Waals surface area contributed by atoms with Gasteiger partial charge in [0.2, 0.25) is 10.7 Å². The van der Waals surface area contributed by atoms with E-state index >= 15 is 0 Å². The molecular weight excluding hydrogens is 457 g/mol. The smallest absolute Gasteiger partial charge is 0.453 e. The summed E-state index contributed by atoms with van der Waals surface area (Å²) in [4.78, 5) is 12.5. The number of piperazine rings is 1. The molecule has 3 aromatic rings. The largest absolute Gasteiger partial charge is 0.497 e. The van der Waals surface area contributed by atoms with E-state index in [1.807, 2.05) is 9.80 Å². The Morgan fingerprint density at radius 1 is 1.09 bits per heavy atom. The van der Waals surface area contributed by atoms with E-state index in [4.69, 9.17) is 17.0 Å². The second-order valence-corrected chi connectivity index (χ2v) is 7.59. The van der Waals surface area contributed by atoms with E-state index in [1.165, 1.54) is 13.3 Å². The van der Waals surface area contributed by atoms with Crippen LogP contribution in [-0.2, 0) is 12.8 Å². The molecule has 0 N–H and O–H groups in total. The molecule has 0 amide bonds. The summed E-state index contributed by atoms with van der Waals surface area (Å²) in [7, 11) is 1.53. The first-order chi connectivity index (χ1) is 15.8. The normalized spacial score (nSPS) is 15.3. The molecule has 33 heavy (non-hydrogen) atoms. The van der Waals surface area contributed by atoms with Crippen molar-refractivity contribution in [3.05, 3.63) is 58.9 Å². The zero-order valence-corrected chi connectivity index (χ0v) is 18.5. The van der Waals surface area contributed by atoms with Gasteiger partial charge in [-0.2, -0.15) is 22.9 Å². The minimum Gasteiger partial charge on any atom is -0.497 e. The molecule has 13 heteroatoms. The molecule has 0 atom stereocenters. The highest BCUT2D eigenvalue weighted by atomic mass is 32.1. The molecular formula is C20H21F3N8OS. The molecule has 9 nitrogen and oxygen atoms in total. The zero-order chi connectivity index (χ0) is 23.4. The lowest BCUT2D eigenvalue weighted by molar-refractivity contribution is -0.147. The number of benzene rings is 1. The number of anilines is 1. The first-order valence-electron chi connectivity index (χ1n) is 10.0. The number of rotatable bonds is 6. The van der Waals surface area contributed by atoms with Gasteiger partial charge in [0.05, 0.1) is 20.0 Å². The summed E-state index contributed by atoms with van der Waals surface area (Å²) in [5, 5.41) is 7.69. The van der Waals surface area contributed by atoms with Crippen LogP contribution >= 0.6 is 12.2 Å². The molecule has 1 aliphatic rings. The van der Waals surface area contributed by atoms with Crippen LogP contribution in [0.5, 0.6) is 5.75 Å². The summed E-state index contributed by atoms with van der Waals surface area (Å²) in [5.74, 6) is 0.0883. The quantitative estimate of drug-likeness (QED) is 0.398. The third kappa shape index (κ3) is 5.37. The summed E-state index contributed by atoms with van der Waals surface area (Å²) in [6, 6.07) is 8.48. The molecule has 0 radical (unpaired) electrons. The van der Waals surface area contributed by atoms with Gasteiger partial charge in [-0.15, -0.1) is 5.10 Å². The van der Waals surface area contributed by atoms with Crippen molar-refractivity contribution in [1.82, 2.24) is 29.3 Å². The molecule has 2 aromatic heterocycles. The van der Waals surface area contributed by atoms with Crippen LogP contribution in [-0.4, -0.2) is 68.8 Å². The highest BCUT2D eigenvalue weighted by Crippen LogP contribution is 2.28. The molecule has 0 spiro atoms. The number of methoxy groups -OCH3 is 1. The number of aromatic nitrogens is 5. The van der Waals surface area contributed by atoms with Crippen molar-refractivity contribution in [3.8, 4) is 5.75 Å². The van der Waals surface area contributed by atoms with E-state index in [0.717, 1.165) is 4.68 Å². The fourth-order valence-corrected chi connectivity index (χ4v) is 3.55. The summed E-state index contributed by atoms with van der Waals surface area (Å²) < 4.78 is 47.6. The highest BCUT2D eigenvalue weighted by Gasteiger charge is 2.39. The average Bonchev–Trinajstić information content (AvgIpc) is 3.14. The molecule has 1 aromatic carbocycles. The highest BCUT2D eigenvalue weighted by molar-refractivity contribution is 7.71. The molecule has 1 saturated heterocycles. The van der Waals surface area contributed by atoms with E-state index in [-0.39, 0.29) is 11.4 Å². The van der Waals surface area contributed by atoms with Crippen LogP contribution < -0.4 is 9.64 Å². The monoisotopic (exact) mass is 478 g/mol. The molecule has 174 valence electrons. The van der Waals surface area contributed by atoms with Gasteiger partial charge in [-0.05, 0) is 48.1 Å². The van der Waals surface area contributed by atoms with E-state index in [2.05, 4.69) is 20.2 Å². The van der Waals surface area contributed by atoms with Crippen LogP contribution in [0.3, 0.4) is 0 Å². The minimum atomic E-state index is -4.71. The topological polar surface area (TPSA) is 76.6 Å². The predicted octanol–water partition coefficient (Wildman–Crippen LogP) is 2.89. The van der Waals surface area contributed by atoms with Gasteiger partial charge < -0.3 is 9.64 Å². The molecule has 0 unspecified atom stereocenters.